The van der Waals surface area contributed by atoms with Crippen molar-refractivity contribution in [3.05, 3.63) is 46.5 Å². The number of rotatable bonds is 6. The molecular weight excluding hydrogens is 348 g/mol. The van der Waals surface area contributed by atoms with Crippen LogP contribution in [0.3, 0.4) is 0 Å². The minimum atomic E-state index is -0.730. The van der Waals surface area contributed by atoms with Crippen molar-refractivity contribution in [3.63, 3.8) is 0 Å². The van der Waals surface area contributed by atoms with Crippen LogP contribution in [-0.4, -0.2) is 51.7 Å². The van der Waals surface area contributed by atoms with E-state index in [1.807, 2.05) is 14.1 Å². The van der Waals surface area contributed by atoms with E-state index in [0.29, 0.717) is 23.6 Å². The van der Waals surface area contributed by atoms with E-state index in [-0.39, 0.29) is 0 Å². The Labute approximate surface area is 160 Å². The first-order valence-electron chi connectivity index (χ1n) is 9.63. The highest BCUT2D eigenvalue weighted by atomic mass is 19.2. The van der Waals surface area contributed by atoms with E-state index < -0.39 is 11.6 Å². The van der Waals surface area contributed by atoms with Gasteiger partial charge in [-0.15, -0.1) is 10.2 Å². The molecule has 1 saturated heterocycles. The maximum Gasteiger partial charge on any atom is 0.163 e. The van der Waals surface area contributed by atoms with Gasteiger partial charge in [0.1, 0.15) is 11.6 Å². The second-order valence-electron chi connectivity index (χ2n) is 7.68. The van der Waals surface area contributed by atoms with E-state index in [1.54, 1.807) is 19.1 Å². The van der Waals surface area contributed by atoms with Gasteiger partial charge in [-0.05, 0) is 59.4 Å². The van der Waals surface area contributed by atoms with Crippen LogP contribution in [0.15, 0.2) is 12.1 Å². The summed E-state index contributed by atoms with van der Waals surface area (Å²) in [6.45, 7) is 7.48. The Balaban J connectivity index is 1.64. The molecule has 0 unspecified atom stereocenters. The molecule has 7 heteroatoms. The Hall–Kier alpha value is -1.86. The van der Waals surface area contributed by atoms with Crippen molar-refractivity contribution in [1.82, 2.24) is 24.6 Å². The molecule has 1 aromatic carbocycles. The molecule has 1 aliphatic heterocycles. The standard InChI is InChI=1S/C20H29F2N5/c1-5-27-17(13-25(3)4)23-24-20(27)15-8-10-26(11-9-15)12-16-7-6-14(2)18(21)19(16)22/h6-7,15H,5,8-13H2,1-4H3. The highest BCUT2D eigenvalue weighted by molar-refractivity contribution is 5.25. The maximum absolute atomic E-state index is 14.1. The predicted molar refractivity (Wildman–Crippen MR) is 101 cm³/mol. The fourth-order valence-electron chi connectivity index (χ4n) is 3.79. The SMILES string of the molecule is CCn1c(CN(C)C)nnc1C1CCN(Cc2ccc(C)c(F)c2F)CC1. The molecule has 3 rings (SSSR count). The van der Waals surface area contributed by atoms with E-state index in [1.165, 1.54) is 0 Å². The molecule has 0 atom stereocenters. The van der Waals surface area contributed by atoms with Gasteiger partial charge in [-0.1, -0.05) is 12.1 Å². The molecule has 0 amide bonds. The number of hydrogen-bond donors (Lipinski definition) is 0. The first kappa shape index (κ1) is 19.9. The minimum absolute atomic E-state index is 0.349. The summed E-state index contributed by atoms with van der Waals surface area (Å²) in [5.41, 5.74) is 0.781. The molecule has 148 valence electrons. The third kappa shape index (κ3) is 4.35. The average molecular weight is 377 g/mol. The van der Waals surface area contributed by atoms with Crippen molar-refractivity contribution in [2.24, 2.45) is 0 Å². The van der Waals surface area contributed by atoms with Crippen LogP contribution >= 0.6 is 0 Å². The molecule has 0 bridgehead atoms. The molecule has 1 aliphatic rings. The number of halogens is 2. The van der Waals surface area contributed by atoms with Crippen LogP contribution in [0.2, 0.25) is 0 Å². The summed E-state index contributed by atoms with van der Waals surface area (Å²) in [7, 11) is 4.06. The lowest BCUT2D eigenvalue weighted by Crippen LogP contribution is -2.33. The van der Waals surface area contributed by atoms with Crippen molar-refractivity contribution < 1.29 is 8.78 Å². The molecule has 2 heterocycles. The van der Waals surface area contributed by atoms with Crippen molar-refractivity contribution in [1.29, 1.82) is 0 Å². The minimum Gasteiger partial charge on any atom is -0.314 e. The van der Waals surface area contributed by atoms with Gasteiger partial charge in [0.05, 0.1) is 6.54 Å². The number of likely N-dealkylation sites (tertiary alicyclic amines) is 1. The summed E-state index contributed by atoms with van der Waals surface area (Å²) in [6, 6.07) is 3.34. The quantitative estimate of drug-likeness (QED) is 0.774. The number of hydrogen-bond acceptors (Lipinski definition) is 4. The topological polar surface area (TPSA) is 37.2 Å². The zero-order chi connectivity index (χ0) is 19.6. The van der Waals surface area contributed by atoms with Gasteiger partial charge in [-0.25, -0.2) is 8.78 Å². The normalized spacial score (nSPS) is 16.4. The summed E-state index contributed by atoms with van der Waals surface area (Å²) in [5.74, 6) is 0.978. The van der Waals surface area contributed by atoms with E-state index >= 15 is 0 Å². The van der Waals surface area contributed by atoms with Gasteiger partial charge in [-0.3, -0.25) is 4.90 Å². The van der Waals surface area contributed by atoms with Crippen LogP contribution in [-0.2, 0) is 19.6 Å². The van der Waals surface area contributed by atoms with Crippen molar-refractivity contribution in [3.8, 4) is 0 Å². The van der Waals surface area contributed by atoms with Crippen molar-refractivity contribution in [2.45, 2.75) is 52.2 Å². The van der Waals surface area contributed by atoms with Gasteiger partial charge in [0.2, 0.25) is 0 Å². The van der Waals surface area contributed by atoms with E-state index in [4.69, 9.17) is 0 Å². The fourth-order valence-corrected chi connectivity index (χ4v) is 3.79. The van der Waals surface area contributed by atoms with Crippen LogP contribution in [0.5, 0.6) is 0 Å². The Morgan fingerprint density at radius 2 is 1.81 bits per heavy atom. The van der Waals surface area contributed by atoms with Gasteiger partial charge in [-0.2, -0.15) is 0 Å². The van der Waals surface area contributed by atoms with E-state index in [9.17, 15) is 8.78 Å². The Bertz CT molecular complexity index is 779. The zero-order valence-electron chi connectivity index (χ0n) is 16.7. The summed E-state index contributed by atoms with van der Waals surface area (Å²) in [6.07, 6.45) is 1.91. The van der Waals surface area contributed by atoms with E-state index in [0.717, 1.165) is 50.7 Å². The smallest absolute Gasteiger partial charge is 0.163 e. The van der Waals surface area contributed by atoms with E-state index in [2.05, 4.69) is 31.5 Å². The molecule has 0 aliphatic carbocycles. The fraction of sp³-hybridized carbons (Fsp3) is 0.600. The largest absolute Gasteiger partial charge is 0.314 e. The van der Waals surface area contributed by atoms with Gasteiger partial charge >= 0.3 is 0 Å². The molecule has 0 saturated carbocycles. The number of aryl methyl sites for hydroxylation is 1. The molecule has 2 aromatic rings. The highest BCUT2D eigenvalue weighted by Crippen LogP contribution is 2.29. The van der Waals surface area contributed by atoms with Crippen LogP contribution in [0.4, 0.5) is 8.78 Å². The average Bonchev–Trinajstić information content (AvgIpc) is 3.04. The van der Waals surface area contributed by atoms with Crippen LogP contribution in [0.1, 0.15) is 48.5 Å². The summed E-state index contributed by atoms with van der Waals surface area (Å²) in [4.78, 5) is 4.29. The van der Waals surface area contributed by atoms with Gasteiger partial charge in [0, 0.05) is 24.6 Å². The van der Waals surface area contributed by atoms with Gasteiger partial charge < -0.3 is 9.47 Å². The summed E-state index contributed by atoms with van der Waals surface area (Å²) in [5, 5.41) is 8.85. The Morgan fingerprint density at radius 3 is 2.44 bits per heavy atom. The monoisotopic (exact) mass is 377 g/mol. The molecule has 1 aromatic heterocycles. The second-order valence-corrected chi connectivity index (χ2v) is 7.68. The zero-order valence-corrected chi connectivity index (χ0v) is 16.7. The molecule has 27 heavy (non-hydrogen) atoms. The molecular formula is C20H29F2N5. The predicted octanol–water partition coefficient (Wildman–Crippen LogP) is 3.33. The second kappa shape index (κ2) is 8.44. The maximum atomic E-state index is 14.1. The van der Waals surface area contributed by atoms with Gasteiger partial charge in [0.15, 0.2) is 11.6 Å². The third-order valence-electron chi connectivity index (χ3n) is 5.33. The van der Waals surface area contributed by atoms with Crippen molar-refractivity contribution in [2.75, 3.05) is 27.2 Å². The van der Waals surface area contributed by atoms with Gasteiger partial charge in [0.25, 0.3) is 0 Å². The lowest BCUT2D eigenvalue weighted by molar-refractivity contribution is 0.197. The number of benzene rings is 1. The van der Waals surface area contributed by atoms with Crippen LogP contribution in [0.25, 0.3) is 0 Å². The van der Waals surface area contributed by atoms with Crippen LogP contribution in [0, 0.1) is 18.6 Å². The first-order valence-corrected chi connectivity index (χ1v) is 9.63. The Morgan fingerprint density at radius 1 is 1.11 bits per heavy atom. The lowest BCUT2D eigenvalue weighted by Gasteiger charge is -2.31. The molecule has 0 N–H and O–H groups in total. The molecule has 0 radical (unpaired) electrons. The Kier molecular flexibility index (Phi) is 6.22. The third-order valence-corrected chi connectivity index (χ3v) is 5.33. The summed E-state index contributed by atoms with van der Waals surface area (Å²) < 4.78 is 30.1. The van der Waals surface area contributed by atoms with Crippen LogP contribution < -0.4 is 0 Å². The number of nitrogens with zero attached hydrogens (tertiary/aromatic N) is 5. The molecule has 0 spiro atoms. The number of piperidine rings is 1. The first-order chi connectivity index (χ1) is 12.9. The summed E-state index contributed by atoms with van der Waals surface area (Å²) >= 11 is 0. The molecule has 1 fully saturated rings. The molecule has 5 nitrogen and oxygen atoms in total. The lowest BCUT2D eigenvalue weighted by atomic mass is 9.95. The number of aromatic nitrogens is 3. The van der Waals surface area contributed by atoms with Crippen molar-refractivity contribution >= 4 is 0 Å². The highest BCUT2D eigenvalue weighted by Gasteiger charge is 2.26.